The number of nitrogens with zero attached hydrogens (tertiary/aromatic N) is 2. The third-order valence-electron chi connectivity index (χ3n) is 4.64. The maximum atomic E-state index is 13.1. The first-order valence-corrected chi connectivity index (χ1v) is 9.34. The molecule has 1 aliphatic rings. The fraction of sp³-hybridized carbons (Fsp3) is 0.350. The van der Waals surface area contributed by atoms with E-state index in [1.54, 1.807) is 24.3 Å². The van der Waals surface area contributed by atoms with E-state index in [4.69, 9.17) is 17.3 Å². The molecule has 0 aliphatic carbocycles. The minimum Gasteiger partial charge on any atom is -0.384 e. The molecule has 0 bridgehead atoms. The summed E-state index contributed by atoms with van der Waals surface area (Å²) in [6, 6.07) is 9.90. The van der Waals surface area contributed by atoms with Gasteiger partial charge in [0.15, 0.2) is 0 Å². The van der Waals surface area contributed by atoms with E-state index in [0.29, 0.717) is 23.1 Å². The van der Waals surface area contributed by atoms with Crippen molar-refractivity contribution in [3.8, 4) is 0 Å². The fourth-order valence-electron chi connectivity index (χ4n) is 3.62. The number of nitrogen functional groups attached to an aromatic ring is 1. The highest BCUT2D eigenvalue weighted by Gasteiger charge is 2.27. The van der Waals surface area contributed by atoms with Gasteiger partial charge in [-0.2, -0.15) is 0 Å². The molecule has 0 unspecified atom stereocenters. The molecule has 7 heteroatoms. The van der Waals surface area contributed by atoms with Crippen molar-refractivity contribution in [2.75, 3.05) is 24.1 Å². The van der Waals surface area contributed by atoms with Crippen molar-refractivity contribution in [1.29, 1.82) is 0 Å². The highest BCUT2D eigenvalue weighted by Crippen LogP contribution is 2.25. The Balaban J connectivity index is 1.83. The van der Waals surface area contributed by atoms with Crippen LogP contribution in [0.5, 0.6) is 0 Å². The van der Waals surface area contributed by atoms with Crippen LogP contribution in [0.2, 0.25) is 5.15 Å². The number of rotatable bonds is 3. The van der Waals surface area contributed by atoms with Crippen LogP contribution in [0.4, 0.5) is 11.5 Å². The summed E-state index contributed by atoms with van der Waals surface area (Å²) in [7, 11) is 0. The second-order valence-electron chi connectivity index (χ2n) is 7.26. The number of para-hydroxylation sites is 1. The maximum Gasteiger partial charge on any atom is 0.255 e. The molecule has 1 saturated heterocycles. The number of carbonyl (C=O) groups excluding carboxylic acids is 2. The first kappa shape index (κ1) is 19.2. The predicted molar refractivity (Wildman–Crippen MR) is 107 cm³/mol. The first-order valence-electron chi connectivity index (χ1n) is 8.96. The van der Waals surface area contributed by atoms with Gasteiger partial charge in [-0.15, -0.1) is 0 Å². The summed E-state index contributed by atoms with van der Waals surface area (Å²) in [4.78, 5) is 31.4. The summed E-state index contributed by atoms with van der Waals surface area (Å²) in [5.74, 6) is 0.610. The predicted octanol–water partition coefficient (Wildman–Crippen LogP) is 3.69. The molecule has 2 atom stereocenters. The van der Waals surface area contributed by atoms with Gasteiger partial charge in [-0.3, -0.25) is 9.59 Å². The zero-order chi connectivity index (χ0) is 19.6. The molecule has 0 spiro atoms. The lowest BCUT2D eigenvalue weighted by atomic mass is 9.91. The zero-order valence-electron chi connectivity index (χ0n) is 15.4. The smallest absolute Gasteiger partial charge is 0.255 e. The second kappa shape index (κ2) is 7.96. The SMILES string of the molecule is C[C@@H]1C[C@H](C)CN(C(=O)c2ccccc2NC(=O)c2cc(N)nc(Cl)c2)C1. The van der Waals surface area contributed by atoms with Crippen LogP contribution in [0.1, 0.15) is 41.0 Å². The first-order chi connectivity index (χ1) is 12.8. The Hall–Kier alpha value is -2.60. The van der Waals surface area contributed by atoms with Crippen molar-refractivity contribution >= 4 is 34.9 Å². The highest BCUT2D eigenvalue weighted by molar-refractivity contribution is 6.30. The summed E-state index contributed by atoms with van der Waals surface area (Å²) >= 11 is 5.88. The lowest BCUT2D eigenvalue weighted by Gasteiger charge is -2.35. The van der Waals surface area contributed by atoms with Crippen LogP contribution in [0, 0.1) is 11.8 Å². The number of aromatic nitrogens is 1. The highest BCUT2D eigenvalue weighted by atomic mass is 35.5. The minimum atomic E-state index is -0.397. The van der Waals surface area contributed by atoms with Gasteiger partial charge in [0.25, 0.3) is 11.8 Å². The number of nitrogens with two attached hydrogens (primary N) is 1. The molecular formula is C20H23ClN4O2. The molecule has 1 aromatic heterocycles. The molecule has 27 heavy (non-hydrogen) atoms. The monoisotopic (exact) mass is 386 g/mol. The van der Waals surface area contributed by atoms with E-state index in [2.05, 4.69) is 24.1 Å². The molecule has 2 aromatic rings. The molecule has 3 N–H and O–H groups in total. The quantitative estimate of drug-likeness (QED) is 0.787. The Morgan fingerprint density at radius 2 is 1.85 bits per heavy atom. The zero-order valence-corrected chi connectivity index (χ0v) is 16.2. The molecule has 1 fully saturated rings. The summed E-state index contributed by atoms with van der Waals surface area (Å²) < 4.78 is 0. The largest absolute Gasteiger partial charge is 0.384 e. The molecular weight excluding hydrogens is 364 g/mol. The van der Waals surface area contributed by atoms with Gasteiger partial charge in [0.2, 0.25) is 0 Å². The molecule has 1 aliphatic heterocycles. The van der Waals surface area contributed by atoms with Gasteiger partial charge in [0.05, 0.1) is 11.3 Å². The number of carbonyl (C=O) groups is 2. The average molecular weight is 387 g/mol. The van der Waals surface area contributed by atoms with Crippen molar-refractivity contribution < 1.29 is 9.59 Å². The van der Waals surface area contributed by atoms with Crippen LogP contribution in [0.3, 0.4) is 0 Å². The van der Waals surface area contributed by atoms with Crippen LogP contribution >= 0.6 is 11.6 Å². The molecule has 142 valence electrons. The summed E-state index contributed by atoms with van der Waals surface area (Å²) in [5, 5.41) is 2.93. The standard InChI is InChI=1S/C20H23ClN4O2/c1-12-7-13(2)11-25(10-12)20(27)15-5-3-4-6-16(15)23-19(26)14-8-17(21)24-18(22)9-14/h3-6,8-9,12-13H,7,10-11H2,1-2H3,(H2,22,24)(H,23,26)/t12-,13+. The number of hydrogen-bond acceptors (Lipinski definition) is 4. The van der Waals surface area contributed by atoms with Crippen molar-refractivity contribution in [3.05, 3.63) is 52.7 Å². The van der Waals surface area contributed by atoms with E-state index in [-0.39, 0.29) is 22.4 Å². The number of hydrogen-bond donors (Lipinski definition) is 2. The van der Waals surface area contributed by atoms with Gasteiger partial charge in [-0.1, -0.05) is 37.6 Å². The normalized spacial score (nSPS) is 19.6. The summed E-state index contributed by atoms with van der Waals surface area (Å²) in [6.45, 7) is 5.76. The Morgan fingerprint density at radius 1 is 1.19 bits per heavy atom. The number of piperidine rings is 1. The lowest BCUT2D eigenvalue weighted by molar-refractivity contribution is 0.0624. The average Bonchev–Trinajstić information content (AvgIpc) is 2.60. The lowest BCUT2D eigenvalue weighted by Crippen LogP contribution is -2.42. The van der Waals surface area contributed by atoms with Crippen LogP contribution in [-0.2, 0) is 0 Å². The van der Waals surface area contributed by atoms with Crippen LogP contribution in [0.15, 0.2) is 36.4 Å². The number of anilines is 2. The topological polar surface area (TPSA) is 88.3 Å². The van der Waals surface area contributed by atoms with E-state index in [9.17, 15) is 9.59 Å². The number of likely N-dealkylation sites (tertiary alicyclic amines) is 1. The fourth-order valence-corrected chi connectivity index (χ4v) is 3.84. The Labute approximate surface area is 163 Å². The van der Waals surface area contributed by atoms with Gasteiger partial charge >= 0.3 is 0 Å². The van der Waals surface area contributed by atoms with Crippen molar-refractivity contribution in [1.82, 2.24) is 9.88 Å². The van der Waals surface area contributed by atoms with Gasteiger partial charge in [0.1, 0.15) is 11.0 Å². The summed E-state index contributed by atoms with van der Waals surface area (Å²) in [6.07, 6.45) is 1.12. The van der Waals surface area contributed by atoms with E-state index in [0.717, 1.165) is 19.5 Å². The van der Waals surface area contributed by atoms with E-state index in [1.807, 2.05) is 4.90 Å². The number of nitrogens with one attached hydrogen (secondary N) is 1. The molecule has 0 radical (unpaired) electrons. The van der Waals surface area contributed by atoms with Crippen molar-refractivity contribution in [3.63, 3.8) is 0 Å². The third-order valence-corrected chi connectivity index (χ3v) is 4.83. The molecule has 3 rings (SSSR count). The van der Waals surface area contributed by atoms with Gasteiger partial charge in [-0.25, -0.2) is 4.98 Å². The molecule has 0 saturated carbocycles. The van der Waals surface area contributed by atoms with Gasteiger partial charge < -0.3 is 16.0 Å². The Bertz CT molecular complexity index is 841. The molecule has 6 nitrogen and oxygen atoms in total. The number of halogens is 1. The van der Waals surface area contributed by atoms with E-state index >= 15 is 0 Å². The van der Waals surface area contributed by atoms with Crippen molar-refractivity contribution in [2.24, 2.45) is 11.8 Å². The Morgan fingerprint density at radius 3 is 2.52 bits per heavy atom. The number of pyridine rings is 1. The third kappa shape index (κ3) is 4.57. The Kier molecular flexibility index (Phi) is 5.65. The molecule has 1 aromatic carbocycles. The second-order valence-corrected chi connectivity index (χ2v) is 7.65. The van der Waals surface area contributed by atoms with Crippen LogP contribution < -0.4 is 11.1 Å². The van der Waals surface area contributed by atoms with Crippen molar-refractivity contribution in [2.45, 2.75) is 20.3 Å². The number of amides is 2. The minimum absolute atomic E-state index is 0.0726. The van der Waals surface area contributed by atoms with Gasteiger partial charge in [-0.05, 0) is 42.5 Å². The van der Waals surface area contributed by atoms with E-state index < -0.39 is 5.91 Å². The maximum absolute atomic E-state index is 13.1. The van der Waals surface area contributed by atoms with Gasteiger partial charge in [0, 0.05) is 18.7 Å². The molecule has 2 amide bonds. The van der Waals surface area contributed by atoms with Crippen LogP contribution in [0.25, 0.3) is 0 Å². The van der Waals surface area contributed by atoms with Crippen LogP contribution in [-0.4, -0.2) is 34.8 Å². The number of benzene rings is 1. The molecule has 2 heterocycles. The summed E-state index contributed by atoms with van der Waals surface area (Å²) in [5.41, 5.74) is 6.88. The van der Waals surface area contributed by atoms with E-state index in [1.165, 1.54) is 12.1 Å².